The molecule has 2 aromatic carbocycles. The van der Waals surface area contributed by atoms with Gasteiger partial charge in [0, 0.05) is 5.39 Å². The fourth-order valence-electron chi connectivity index (χ4n) is 1.46. The molecule has 0 nitrogen and oxygen atoms in total. The maximum Gasteiger partial charge on any atom is 0.198 e. The summed E-state index contributed by atoms with van der Waals surface area (Å²) in [4.78, 5) is 0. The Morgan fingerprint density at radius 3 is 1.22 bits per heavy atom. The minimum atomic E-state index is -2.35. The molecule has 2 aromatic rings. The first-order valence-electron chi connectivity index (χ1n) is 4.26. The van der Waals surface area contributed by atoms with E-state index in [9.17, 15) is 30.7 Å². The van der Waals surface area contributed by atoms with Crippen LogP contribution in [-0.4, -0.2) is 0 Å². The topological polar surface area (TPSA) is 0 Å². The SMILES string of the molecule is Fc1c(F)c(F)c2c(Cl)c(F)c(F)c(F)c2c1F. The average Bonchev–Trinajstić information content (AvgIpc) is 2.35. The van der Waals surface area contributed by atoms with E-state index in [2.05, 4.69) is 0 Å². The average molecular weight is 289 g/mol. The lowest BCUT2D eigenvalue weighted by atomic mass is 10.1. The van der Waals surface area contributed by atoms with E-state index < -0.39 is 56.5 Å². The van der Waals surface area contributed by atoms with Crippen LogP contribution < -0.4 is 0 Å². The minimum Gasteiger partial charge on any atom is -0.203 e. The standard InChI is InChI=1S/C10ClF7/c11-3-1-2(5(13)8(16)7(3)15)6(14)10(18)9(17)4(1)12. The largest absolute Gasteiger partial charge is 0.203 e. The van der Waals surface area contributed by atoms with Crippen LogP contribution in [0.2, 0.25) is 5.02 Å². The summed E-state index contributed by atoms with van der Waals surface area (Å²) in [5, 5.41) is -4.36. The van der Waals surface area contributed by atoms with Crippen LogP contribution in [-0.2, 0) is 0 Å². The van der Waals surface area contributed by atoms with Crippen molar-refractivity contribution in [1.29, 1.82) is 0 Å². The molecule has 0 aromatic heterocycles. The second kappa shape index (κ2) is 4.01. The van der Waals surface area contributed by atoms with Gasteiger partial charge in [0.05, 0.1) is 10.4 Å². The Morgan fingerprint density at radius 2 is 0.778 bits per heavy atom. The van der Waals surface area contributed by atoms with Gasteiger partial charge in [0.25, 0.3) is 0 Å². The summed E-state index contributed by atoms with van der Waals surface area (Å²) in [5.74, 6) is -15.4. The fourth-order valence-corrected chi connectivity index (χ4v) is 1.72. The van der Waals surface area contributed by atoms with Gasteiger partial charge in [0.2, 0.25) is 0 Å². The fraction of sp³-hybridized carbons (Fsp3) is 0. The van der Waals surface area contributed by atoms with Gasteiger partial charge in [-0.25, -0.2) is 30.7 Å². The van der Waals surface area contributed by atoms with Gasteiger partial charge in [-0.3, -0.25) is 0 Å². The molecule has 0 saturated heterocycles. The van der Waals surface area contributed by atoms with Crippen molar-refractivity contribution in [2.45, 2.75) is 0 Å². The molecule has 18 heavy (non-hydrogen) atoms. The van der Waals surface area contributed by atoms with Crippen molar-refractivity contribution in [3.05, 3.63) is 45.7 Å². The first-order valence-corrected chi connectivity index (χ1v) is 4.64. The first-order chi connectivity index (χ1) is 8.29. The number of halogens is 8. The first kappa shape index (κ1) is 12.9. The van der Waals surface area contributed by atoms with Crippen LogP contribution in [0.1, 0.15) is 0 Å². The molecule has 0 unspecified atom stereocenters. The van der Waals surface area contributed by atoms with Crippen molar-refractivity contribution >= 4 is 22.4 Å². The number of fused-ring (bicyclic) bond motifs is 1. The molecule has 0 saturated carbocycles. The maximum absolute atomic E-state index is 13.3. The third-order valence-electron chi connectivity index (χ3n) is 2.28. The van der Waals surface area contributed by atoms with Crippen LogP contribution in [0.3, 0.4) is 0 Å². The lowest BCUT2D eigenvalue weighted by molar-refractivity contribution is 0.410. The third kappa shape index (κ3) is 1.46. The van der Waals surface area contributed by atoms with Crippen molar-refractivity contribution in [3.8, 4) is 0 Å². The zero-order chi connectivity index (χ0) is 13.8. The van der Waals surface area contributed by atoms with Gasteiger partial charge >= 0.3 is 0 Å². The molecule has 0 atom stereocenters. The Labute approximate surface area is 99.6 Å². The highest BCUT2D eigenvalue weighted by atomic mass is 35.5. The highest BCUT2D eigenvalue weighted by Crippen LogP contribution is 2.36. The number of hydrogen-bond donors (Lipinski definition) is 0. The van der Waals surface area contributed by atoms with E-state index in [1.165, 1.54) is 0 Å². The van der Waals surface area contributed by atoms with Gasteiger partial charge in [0.15, 0.2) is 40.7 Å². The molecule has 0 amide bonds. The van der Waals surface area contributed by atoms with Gasteiger partial charge in [0.1, 0.15) is 0 Å². The van der Waals surface area contributed by atoms with Crippen LogP contribution in [0.5, 0.6) is 0 Å². The second-order valence-corrected chi connectivity index (χ2v) is 3.64. The Bertz CT molecular complexity index is 567. The third-order valence-corrected chi connectivity index (χ3v) is 2.64. The Hall–Kier alpha value is -1.50. The normalized spacial score (nSPS) is 11.3. The molecule has 0 N–H and O–H groups in total. The van der Waals surface area contributed by atoms with E-state index in [0.717, 1.165) is 0 Å². The molecule has 96 valence electrons. The molecule has 0 bridgehead atoms. The van der Waals surface area contributed by atoms with Gasteiger partial charge in [-0.2, -0.15) is 0 Å². The van der Waals surface area contributed by atoms with Crippen LogP contribution in [0, 0.1) is 40.7 Å². The molecule has 0 aliphatic rings. The van der Waals surface area contributed by atoms with Crippen molar-refractivity contribution in [1.82, 2.24) is 0 Å². The molecule has 0 aliphatic carbocycles. The Morgan fingerprint density at radius 1 is 0.444 bits per heavy atom. The van der Waals surface area contributed by atoms with Gasteiger partial charge < -0.3 is 0 Å². The summed E-state index contributed by atoms with van der Waals surface area (Å²) in [5.41, 5.74) is 0. The molecule has 2 rings (SSSR count). The lowest BCUT2D eigenvalue weighted by Crippen LogP contribution is -2.04. The van der Waals surface area contributed by atoms with E-state index in [1.54, 1.807) is 0 Å². The quantitative estimate of drug-likeness (QED) is 0.381. The summed E-state index contributed by atoms with van der Waals surface area (Å²) in [6, 6.07) is 0. The molecule has 8 heteroatoms. The summed E-state index contributed by atoms with van der Waals surface area (Å²) in [6.45, 7) is 0. The van der Waals surface area contributed by atoms with Gasteiger partial charge in [-0.05, 0) is 0 Å². The molecule has 0 aliphatic heterocycles. The molecule has 0 spiro atoms. The lowest BCUT2D eigenvalue weighted by Gasteiger charge is -2.09. The van der Waals surface area contributed by atoms with E-state index in [1.807, 2.05) is 0 Å². The maximum atomic E-state index is 13.3. The molecule has 0 fully saturated rings. The minimum absolute atomic E-state index is 1.38. The molecule has 0 radical (unpaired) electrons. The summed E-state index contributed by atoms with van der Waals surface area (Å²) in [6.07, 6.45) is 0. The summed E-state index contributed by atoms with van der Waals surface area (Å²) in [7, 11) is 0. The van der Waals surface area contributed by atoms with Crippen LogP contribution >= 0.6 is 11.6 Å². The van der Waals surface area contributed by atoms with Crippen molar-refractivity contribution < 1.29 is 30.7 Å². The zero-order valence-electron chi connectivity index (χ0n) is 8.02. The van der Waals surface area contributed by atoms with Gasteiger partial charge in [-0.15, -0.1) is 0 Å². The zero-order valence-corrected chi connectivity index (χ0v) is 8.78. The Balaban J connectivity index is 3.22. The highest BCUT2D eigenvalue weighted by molar-refractivity contribution is 6.35. The number of rotatable bonds is 0. The van der Waals surface area contributed by atoms with Crippen LogP contribution in [0.15, 0.2) is 0 Å². The Kier molecular flexibility index (Phi) is 2.89. The summed E-state index contributed by atoms with van der Waals surface area (Å²) < 4.78 is 91.4. The van der Waals surface area contributed by atoms with E-state index in [0.29, 0.717) is 0 Å². The molecule has 0 heterocycles. The summed E-state index contributed by atoms with van der Waals surface area (Å²) >= 11 is 5.13. The predicted molar refractivity (Wildman–Crippen MR) is 48.7 cm³/mol. The van der Waals surface area contributed by atoms with Crippen molar-refractivity contribution in [3.63, 3.8) is 0 Å². The van der Waals surface area contributed by atoms with Gasteiger partial charge in [-0.1, -0.05) is 11.6 Å². The van der Waals surface area contributed by atoms with E-state index in [4.69, 9.17) is 11.6 Å². The monoisotopic (exact) mass is 288 g/mol. The van der Waals surface area contributed by atoms with Crippen molar-refractivity contribution in [2.24, 2.45) is 0 Å². The van der Waals surface area contributed by atoms with Crippen LogP contribution in [0.4, 0.5) is 30.7 Å². The van der Waals surface area contributed by atoms with Crippen LogP contribution in [0.25, 0.3) is 10.8 Å². The molecular weight excluding hydrogens is 289 g/mol. The van der Waals surface area contributed by atoms with Crippen molar-refractivity contribution in [2.75, 3.05) is 0 Å². The highest BCUT2D eigenvalue weighted by Gasteiger charge is 2.29. The van der Waals surface area contributed by atoms with E-state index >= 15 is 0 Å². The number of benzene rings is 2. The number of hydrogen-bond acceptors (Lipinski definition) is 0. The molecular formula is C10ClF7. The second-order valence-electron chi connectivity index (χ2n) is 3.26. The predicted octanol–water partition coefficient (Wildman–Crippen LogP) is 4.47. The smallest absolute Gasteiger partial charge is 0.198 e. The van der Waals surface area contributed by atoms with E-state index in [-0.39, 0.29) is 0 Å².